The van der Waals surface area contributed by atoms with Gasteiger partial charge in [-0.05, 0) is 17.4 Å². The van der Waals surface area contributed by atoms with E-state index >= 15 is 0 Å². The highest BCUT2D eigenvalue weighted by Gasteiger charge is 2.17. The first-order chi connectivity index (χ1) is 6.40. The Morgan fingerprint density at radius 1 is 1.33 bits per heavy atom. The summed E-state index contributed by atoms with van der Waals surface area (Å²) in [4.78, 5) is 0. The molecule has 0 bridgehead atoms. The fraction of sp³-hybridized carbons (Fsp3) is 0.375. The number of fused-ring (bicyclic) bond motifs is 1. The third-order valence-corrected chi connectivity index (χ3v) is 1.79. The van der Waals surface area contributed by atoms with Gasteiger partial charge in [0.2, 0.25) is 0 Å². The summed E-state index contributed by atoms with van der Waals surface area (Å²) in [6.45, 7) is 1.06. The molecule has 0 unspecified atom stereocenters. The predicted octanol–water partition coefficient (Wildman–Crippen LogP) is 1.80. The van der Waals surface area contributed by atoms with Crippen molar-refractivity contribution in [2.24, 2.45) is 21.2 Å². The van der Waals surface area contributed by atoms with Gasteiger partial charge >= 0.3 is 0 Å². The van der Waals surface area contributed by atoms with Gasteiger partial charge in [0, 0.05) is 6.54 Å². The van der Waals surface area contributed by atoms with Crippen molar-refractivity contribution >= 4 is 30.5 Å². The number of rotatable bonds is 3. The fourth-order valence-corrected chi connectivity index (χ4v) is 1.17. The van der Waals surface area contributed by atoms with E-state index in [4.69, 9.17) is 10.5 Å². The lowest BCUT2D eigenvalue weighted by atomic mass is 10.1. The summed E-state index contributed by atoms with van der Waals surface area (Å²) >= 11 is 0. The SMILES string of the molecule is Cl.Cl.NCCOC1=CC=C2N=NN=C2C1. The van der Waals surface area contributed by atoms with Crippen LogP contribution in [0.2, 0.25) is 0 Å². The van der Waals surface area contributed by atoms with Gasteiger partial charge in [0.25, 0.3) is 0 Å². The first-order valence-corrected chi connectivity index (χ1v) is 4.12. The summed E-state index contributed by atoms with van der Waals surface area (Å²) < 4.78 is 5.37. The second-order valence-corrected chi connectivity index (χ2v) is 2.73. The van der Waals surface area contributed by atoms with E-state index in [0.717, 1.165) is 17.2 Å². The first kappa shape index (κ1) is 14.1. The van der Waals surface area contributed by atoms with Gasteiger partial charge < -0.3 is 10.5 Å². The highest BCUT2D eigenvalue weighted by atomic mass is 35.5. The van der Waals surface area contributed by atoms with Crippen LogP contribution in [-0.2, 0) is 4.74 Å². The van der Waals surface area contributed by atoms with Crippen LogP contribution in [0, 0.1) is 0 Å². The molecule has 1 aliphatic carbocycles. The summed E-state index contributed by atoms with van der Waals surface area (Å²) in [5.41, 5.74) is 7.02. The van der Waals surface area contributed by atoms with Crippen LogP contribution < -0.4 is 5.73 Å². The van der Waals surface area contributed by atoms with Crippen molar-refractivity contribution in [3.8, 4) is 0 Å². The molecule has 0 aromatic rings. The molecule has 5 nitrogen and oxygen atoms in total. The molecule has 2 rings (SSSR count). The summed E-state index contributed by atoms with van der Waals surface area (Å²) in [6, 6.07) is 0. The van der Waals surface area contributed by atoms with Gasteiger partial charge in [-0.3, -0.25) is 0 Å². The molecule has 0 fully saturated rings. The lowest BCUT2D eigenvalue weighted by Gasteiger charge is -2.11. The molecule has 0 amide bonds. The van der Waals surface area contributed by atoms with E-state index in [9.17, 15) is 0 Å². The smallest absolute Gasteiger partial charge is 0.111 e. The van der Waals surface area contributed by atoms with Crippen LogP contribution >= 0.6 is 24.8 Å². The standard InChI is InChI=1S/C8H10N4O.2ClH/c9-3-4-13-6-1-2-7-8(5-6)11-12-10-7;;/h1-2H,3-5,9H2;2*1H. The summed E-state index contributed by atoms with van der Waals surface area (Å²) in [5, 5.41) is 11.3. The predicted molar refractivity (Wildman–Crippen MR) is 62.6 cm³/mol. The number of halogens is 2. The Morgan fingerprint density at radius 3 is 2.87 bits per heavy atom. The molecule has 0 saturated carbocycles. The Hall–Kier alpha value is -0.910. The topological polar surface area (TPSA) is 72.3 Å². The van der Waals surface area contributed by atoms with Gasteiger partial charge in [0.1, 0.15) is 11.5 Å². The summed E-state index contributed by atoms with van der Waals surface area (Å²) in [7, 11) is 0. The molecule has 2 aliphatic rings. The number of nitrogens with zero attached hydrogens (tertiary/aromatic N) is 3. The lowest BCUT2D eigenvalue weighted by Crippen LogP contribution is -2.12. The summed E-state index contributed by atoms with van der Waals surface area (Å²) in [5.74, 6) is 0.875. The number of ether oxygens (including phenoxy) is 1. The van der Waals surface area contributed by atoms with E-state index in [1.807, 2.05) is 12.2 Å². The molecule has 0 saturated heterocycles. The maximum Gasteiger partial charge on any atom is 0.111 e. The quantitative estimate of drug-likeness (QED) is 0.830. The van der Waals surface area contributed by atoms with Crippen molar-refractivity contribution in [1.29, 1.82) is 0 Å². The molecule has 15 heavy (non-hydrogen) atoms. The highest BCUT2D eigenvalue weighted by Crippen LogP contribution is 2.21. The van der Waals surface area contributed by atoms with Crippen LogP contribution in [0.3, 0.4) is 0 Å². The zero-order valence-electron chi connectivity index (χ0n) is 7.92. The Bertz CT molecular complexity index is 336. The van der Waals surface area contributed by atoms with E-state index in [1.165, 1.54) is 0 Å². The molecule has 0 aromatic carbocycles. The number of hydrogen-bond donors (Lipinski definition) is 1. The molecular formula is C8H12Cl2N4O. The van der Waals surface area contributed by atoms with Crippen molar-refractivity contribution in [3.05, 3.63) is 23.6 Å². The molecule has 7 heteroatoms. The number of nitrogens with two attached hydrogens (primary N) is 1. The monoisotopic (exact) mass is 250 g/mol. The fourth-order valence-electron chi connectivity index (χ4n) is 1.17. The summed E-state index contributed by atoms with van der Waals surface area (Å²) in [6.07, 6.45) is 4.40. The van der Waals surface area contributed by atoms with Crippen LogP contribution in [-0.4, -0.2) is 18.9 Å². The third kappa shape index (κ3) is 3.30. The molecular weight excluding hydrogens is 239 g/mol. The Morgan fingerprint density at radius 2 is 2.13 bits per heavy atom. The van der Waals surface area contributed by atoms with Crippen LogP contribution in [0.25, 0.3) is 0 Å². The van der Waals surface area contributed by atoms with Gasteiger partial charge in [0.15, 0.2) is 0 Å². The van der Waals surface area contributed by atoms with Crippen LogP contribution in [0.4, 0.5) is 0 Å². The van der Waals surface area contributed by atoms with Gasteiger partial charge in [-0.25, -0.2) is 0 Å². The van der Waals surface area contributed by atoms with Crippen molar-refractivity contribution in [2.45, 2.75) is 6.42 Å². The second kappa shape index (κ2) is 6.55. The van der Waals surface area contributed by atoms with Crippen LogP contribution in [0.1, 0.15) is 6.42 Å². The molecule has 1 aliphatic heterocycles. The second-order valence-electron chi connectivity index (χ2n) is 2.73. The van der Waals surface area contributed by atoms with Crippen molar-refractivity contribution in [2.75, 3.05) is 13.2 Å². The molecule has 84 valence electrons. The van der Waals surface area contributed by atoms with Crippen molar-refractivity contribution < 1.29 is 4.74 Å². The molecule has 0 radical (unpaired) electrons. The zero-order valence-corrected chi connectivity index (χ0v) is 9.55. The average molecular weight is 251 g/mol. The van der Waals surface area contributed by atoms with Crippen LogP contribution in [0.5, 0.6) is 0 Å². The van der Waals surface area contributed by atoms with Gasteiger partial charge in [-0.1, -0.05) is 0 Å². The van der Waals surface area contributed by atoms with E-state index in [1.54, 1.807) is 0 Å². The first-order valence-electron chi connectivity index (χ1n) is 4.12. The average Bonchev–Trinajstić information content (AvgIpc) is 2.61. The Kier molecular flexibility index (Phi) is 6.15. The largest absolute Gasteiger partial charge is 0.496 e. The van der Waals surface area contributed by atoms with E-state index in [-0.39, 0.29) is 24.8 Å². The Balaban J connectivity index is 0.000000980. The number of allylic oxidation sites excluding steroid dienone is 4. The lowest BCUT2D eigenvalue weighted by molar-refractivity contribution is 0.218. The van der Waals surface area contributed by atoms with E-state index in [0.29, 0.717) is 19.6 Å². The normalized spacial score (nSPS) is 16.5. The minimum atomic E-state index is 0. The van der Waals surface area contributed by atoms with Crippen molar-refractivity contribution in [3.63, 3.8) is 0 Å². The van der Waals surface area contributed by atoms with Crippen LogP contribution in [0.15, 0.2) is 39.0 Å². The Labute approximate surface area is 100.0 Å². The van der Waals surface area contributed by atoms with E-state index in [2.05, 4.69) is 15.4 Å². The molecule has 0 aromatic heterocycles. The highest BCUT2D eigenvalue weighted by molar-refractivity contribution is 6.02. The molecule has 0 spiro atoms. The minimum Gasteiger partial charge on any atom is -0.496 e. The minimum absolute atomic E-state index is 0. The van der Waals surface area contributed by atoms with Crippen molar-refractivity contribution in [1.82, 2.24) is 0 Å². The van der Waals surface area contributed by atoms with Gasteiger partial charge in [-0.2, -0.15) is 0 Å². The third-order valence-electron chi connectivity index (χ3n) is 1.79. The van der Waals surface area contributed by atoms with E-state index < -0.39 is 0 Å². The maximum absolute atomic E-state index is 5.37. The molecule has 1 heterocycles. The number of hydrogen-bond acceptors (Lipinski definition) is 5. The zero-order chi connectivity index (χ0) is 9.10. The maximum atomic E-state index is 5.37. The molecule has 0 atom stereocenters. The van der Waals surface area contributed by atoms with Gasteiger partial charge in [0.05, 0.1) is 18.7 Å². The van der Waals surface area contributed by atoms with Gasteiger partial charge in [-0.15, -0.1) is 35.0 Å². The molecule has 2 N–H and O–H groups in total.